The molecule has 6 nitrogen and oxygen atoms in total. The van der Waals surface area contributed by atoms with Gasteiger partial charge in [-0.15, -0.1) is 0 Å². The van der Waals surface area contributed by atoms with Crippen molar-refractivity contribution in [3.05, 3.63) is 12.2 Å². The molecule has 0 amide bonds. The number of aliphatic carboxylic acids is 1. The molecule has 1 rings (SSSR count). The van der Waals surface area contributed by atoms with E-state index < -0.39 is 17.7 Å². The van der Waals surface area contributed by atoms with Crippen molar-refractivity contribution in [2.24, 2.45) is 11.8 Å². The molecule has 2 unspecified atom stereocenters. The maximum atomic E-state index is 14.0. The maximum Gasteiger partial charge on any atom is 0.308 e. The summed E-state index contributed by atoms with van der Waals surface area (Å²) in [5, 5.41) is 19.2. The van der Waals surface area contributed by atoms with Crippen LogP contribution in [0.3, 0.4) is 0 Å². The molecule has 0 radical (unpaired) electrons. The molecule has 1 fully saturated rings. The number of halogens is 1. The molecule has 0 aromatic heterocycles. The summed E-state index contributed by atoms with van der Waals surface area (Å²) in [5.74, 6) is -1.76. The second-order valence-electron chi connectivity index (χ2n) is 8.23. The zero-order valence-corrected chi connectivity index (χ0v) is 17.6. The fourth-order valence-corrected chi connectivity index (χ4v) is 3.75. The lowest BCUT2D eigenvalue weighted by molar-refractivity contribution is -0.145. The Hall–Kier alpha value is -1.76. The number of alkyl halides is 1. The molecule has 0 aromatic rings. The van der Waals surface area contributed by atoms with Crippen LogP contribution in [0, 0.1) is 11.8 Å². The zero-order chi connectivity index (χ0) is 21.9. The van der Waals surface area contributed by atoms with Gasteiger partial charge in [0.25, 0.3) is 0 Å². The quantitative estimate of drug-likeness (QED) is 0.253. The van der Waals surface area contributed by atoms with Crippen LogP contribution in [0.4, 0.5) is 4.39 Å². The van der Waals surface area contributed by atoms with Gasteiger partial charge in [-0.25, -0.2) is 4.39 Å². The summed E-state index contributed by atoms with van der Waals surface area (Å²) in [6.07, 6.45) is 6.85. The Morgan fingerprint density at radius 1 is 1.21 bits per heavy atom. The average molecular weight is 415 g/mol. The predicted octanol–water partition coefficient (Wildman–Crippen LogP) is 4.00. The first kappa shape index (κ1) is 25.3. The summed E-state index contributed by atoms with van der Waals surface area (Å²) < 4.78 is 18.7. The zero-order valence-electron chi connectivity index (χ0n) is 17.6. The van der Waals surface area contributed by atoms with Crippen molar-refractivity contribution in [2.75, 3.05) is 7.11 Å². The van der Waals surface area contributed by atoms with E-state index in [2.05, 4.69) is 4.74 Å². The third-order valence-corrected chi connectivity index (χ3v) is 5.69. The Kier molecular flexibility index (Phi) is 11.1. The summed E-state index contributed by atoms with van der Waals surface area (Å²) in [7, 11) is 1.31. The van der Waals surface area contributed by atoms with Gasteiger partial charge in [0.15, 0.2) is 0 Å². The van der Waals surface area contributed by atoms with Gasteiger partial charge in [-0.1, -0.05) is 19.1 Å². The Labute approximate surface area is 172 Å². The molecular formula is C22H35FO6. The highest BCUT2D eigenvalue weighted by Gasteiger charge is 2.39. The minimum atomic E-state index is -1.12. The first-order chi connectivity index (χ1) is 13.7. The molecule has 0 bridgehead atoms. The van der Waals surface area contributed by atoms with Crippen LogP contribution in [0.5, 0.6) is 0 Å². The van der Waals surface area contributed by atoms with Crippen molar-refractivity contribution >= 4 is 17.7 Å². The van der Waals surface area contributed by atoms with Crippen LogP contribution in [0.15, 0.2) is 12.2 Å². The van der Waals surface area contributed by atoms with Crippen molar-refractivity contribution in [2.45, 2.75) is 89.3 Å². The van der Waals surface area contributed by atoms with Gasteiger partial charge in [0.2, 0.25) is 0 Å². The van der Waals surface area contributed by atoms with E-state index in [9.17, 15) is 23.9 Å². The second-order valence-corrected chi connectivity index (χ2v) is 8.23. The van der Waals surface area contributed by atoms with Gasteiger partial charge >= 0.3 is 11.9 Å². The molecule has 166 valence electrons. The lowest BCUT2D eigenvalue weighted by Gasteiger charge is -2.20. The molecular weight excluding hydrogens is 379 g/mol. The third-order valence-electron chi connectivity index (χ3n) is 5.69. The number of unbranched alkanes of at least 4 members (excludes halogenated alkanes) is 1. The number of carboxylic acid groups (broad SMARTS) is 1. The Morgan fingerprint density at radius 3 is 2.59 bits per heavy atom. The molecule has 1 aliphatic rings. The van der Waals surface area contributed by atoms with E-state index in [4.69, 9.17) is 5.11 Å². The fourth-order valence-electron chi connectivity index (χ4n) is 3.75. The number of carboxylic acids is 1. The number of Topliss-reactive ketones (excluding diaryl/α,β-unsaturated/α-hetero) is 1. The SMILES string of the molecule is COC(=O)C(C)CCC(F)CCC(=O)[C@@H]1CC[C@](O)(CC=CCCCC(=O)O)C1. The molecule has 1 saturated carbocycles. The molecule has 2 N–H and O–H groups in total. The summed E-state index contributed by atoms with van der Waals surface area (Å²) >= 11 is 0. The van der Waals surface area contributed by atoms with Crippen molar-refractivity contribution in [1.29, 1.82) is 0 Å². The summed E-state index contributed by atoms with van der Waals surface area (Å²) in [4.78, 5) is 34.2. The monoisotopic (exact) mass is 414 g/mol. The average Bonchev–Trinajstić information content (AvgIpc) is 3.08. The van der Waals surface area contributed by atoms with Crippen molar-refractivity contribution in [3.8, 4) is 0 Å². The Morgan fingerprint density at radius 2 is 1.93 bits per heavy atom. The number of hydrogen-bond donors (Lipinski definition) is 2. The molecule has 0 aromatic carbocycles. The number of ketones is 1. The molecule has 7 heteroatoms. The topological polar surface area (TPSA) is 101 Å². The van der Waals surface area contributed by atoms with Crippen molar-refractivity contribution < 1.29 is 33.7 Å². The number of esters is 1. The minimum absolute atomic E-state index is 0.00460. The number of rotatable bonds is 14. The van der Waals surface area contributed by atoms with Crippen molar-refractivity contribution in [3.63, 3.8) is 0 Å². The fraction of sp³-hybridized carbons (Fsp3) is 0.773. The van der Waals surface area contributed by atoms with Crippen LogP contribution in [0.2, 0.25) is 0 Å². The van der Waals surface area contributed by atoms with Crippen molar-refractivity contribution in [1.82, 2.24) is 0 Å². The molecule has 4 atom stereocenters. The highest BCUT2D eigenvalue weighted by molar-refractivity contribution is 5.81. The van der Waals surface area contributed by atoms with E-state index in [0.29, 0.717) is 44.9 Å². The van der Waals surface area contributed by atoms with Gasteiger partial charge < -0.3 is 14.9 Å². The smallest absolute Gasteiger partial charge is 0.308 e. The predicted molar refractivity (Wildman–Crippen MR) is 107 cm³/mol. The summed E-state index contributed by atoms with van der Waals surface area (Å²) in [6.45, 7) is 1.70. The molecule has 0 saturated heterocycles. The Bertz CT molecular complexity index is 576. The van der Waals surface area contributed by atoms with Gasteiger partial charge in [0, 0.05) is 18.8 Å². The normalized spacial score (nSPS) is 23.8. The van der Waals surface area contributed by atoms with Gasteiger partial charge in [0.1, 0.15) is 12.0 Å². The van der Waals surface area contributed by atoms with Gasteiger partial charge in [-0.2, -0.15) is 0 Å². The number of methoxy groups -OCH3 is 1. The highest BCUT2D eigenvalue weighted by atomic mass is 19.1. The number of hydrogen-bond acceptors (Lipinski definition) is 5. The van der Waals surface area contributed by atoms with Gasteiger partial charge in [-0.05, 0) is 57.8 Å². The largest absolute Gasteiger partial charge is 0.481 e. The molecule has 29 heavy (non-hydrogen) atoms. The first-order valence-corrected chi connectivity index (χ1v) is 10.5. The molecule has 0 heterocycles. The van der Waals surface area contributed by atoms with Crippen LogP contribution < -0.4 is 0 Å². The summed E-state index contributed by atoms with van der Waals surface area (Å²) in [5.41, 5.74) is -0.908. The van der Waals surface area contributed by atoms with E-state index in [0.717, 1.165) is 0 Å². The first-order valence-electron chi connectivity index (χ1n) is 10.5. The standard InChI is InChI=1S/C22H35FO6/c1-16(21(27)29-2)8-9-18(23)10-11-19(24)17-12-14-22(28,15-17)13-6-4-3-5-7-20(25)26/h4,6,16-18,28H,3,5,7-15H2,1-2H3,(H,25,26)/t16?,17-,18?,22-/m1/s1. The highest BCUT2D eigenvalue weighted by Crippen LogP contribution is 2.38. The number of allylic oxidation sites excluding steroid dienone is 1. The van der Waals surface area contributed by atoms with Crippen LogP contribution in [0.25, 0.3) is 0 Å². The number of ether oxygens (including phenoxy) is 1. The van der Waals surface area contributed by atoms with E-state index in [1.807, 2.05) is 12.2 Å². The van der Waals surface area contributed by atoms with Gasteiger partial charge in [0.05, 0.1) is 18.6 Å². The molecule has 0 aliphatic heterocycles. The minimum Gasteiger partial charge on any atom is -0.481 e. The van der Waals surface area contributed by atoms with Crippen LogP contribution in [-0.2, 0) is 19.1 Å². The third kappa shape index (κ3) is 10.0. The number of carbonyl (C=O) groups excluding carboxylic acids is 2. The maximum absolute atomic E-state index is 14.0. The van der Waals surface area contributed by atoms with E-state index in [1.165, 1.54) is 7.11 Å². The number of aliphatic hydroxyl groups is 1. The Balaban J connectivity index is 2.28. The number of carbonyl (C=O) groups is 3. The van der Waals surface area contributed by atoms with E-state index in [-0.39, 0.29) is 49.3 Å². The van der Waals surface area contributed by atoms with E-state index in [1.54, 1.807) is 6.92 Å². The molecule has 1 aliphatic carbocycles. The van der Waals surface area contributed by atoms with E-state index >= 15 is 0 Å². The van der Waals surface area contributed by atoms with Gasteiger partial charge in [-0.3, -0.25) is 14.4 Å². The van der Waals surface area contributed by atoms with Crippen LogP contribution in [0.1, 0.15) is 77.6 Å². The lowest BCUT2D eigenvalue weighted by Crippen LogP contribution is -2.25. The van der Waals surface area contributed by atoms with Crippen LogP contribution in [-0.4, -0.2) is 46.8 Å². The lowest BCUT2D eigenvalue weighted by atomic mass is 9.92. The van der Waals surface area contributed by atoms with Crippen LogP contribution >= 0.6 is 0 Å². The molecule has 0 spiro atoms. The summed E-state index contributed by atoms with van der Waals surface area (Å²) in [6, 6.07) is 0. The second kappa shape index (κ2) is 12.7.